The summed E-state index contributed by atoms with van der Waals surface area (Å²) in [6.45, 7) is 5.37. The predicted molar refractivity (Wildman–Crippen MR) is 80.5 cm³/mol. The smallest absolute Gasteiger partial charge is 0.0801 e. The maximum absolute atomic E-state index is 2.31. The van der Waals surface area contributed by atoms with Crippen LogP contribution < -0.4 is 5.46 Å². The molecule has 17 heavy (non-hydrogen) atoms. The van der Waals surface area contributed by atoms with Gasteiger partial charge in [-0.15, -0.1) is 0 Å². The van der Waals surface area contributed by atoms with E-state index in [4.69, 9.17) is 0 Å². The molecule has 0 atom stereocenters. The third-order valence-corrected chi connectivity index (χ3v) is 3.58. The number of unbranched alkanes of at least 4 members (excludes halogenated alkanes) is 4. The van der Waals surface area contributed by atoms with Crippen molar-refractivity contribution in [1.82, 2.24) is 0 Å². The van der Waals surface area contributed by atoms with Crippen LogP contribution >= 0.6 is 0 Å². The highest BCUT2D eigenvalue weighted by atomic mass is 13.9. The van der Waals surface area contributed by atoms with E-state index in [9.17, 15) is 0 Å². The number of rotatable bonds is 9. The first-order valence-corrected chi connectivity index (χ1v) is 7.43. The summed E-state index contributed by atoms with van der Waals surface area (Å²) in [6, 6.07) is 11.1. The highest BCUT2D eigenvalue weighted by Gasteiger charge is 2.14. The largest absolute Gasteiger partial charge is 0.175 e. The van der Waals surface area contributed by atoms with Gasteiger partial charge in [0.05, 0.1) is 0 Å². The molecule has 0 aromatic heterocycles. The fourth-order valence-electron chi connectivity index (χ4n) is 2.48. The number of benzene rings is 1. The van der Waals surface area contributed by atoms with Crippen LogP contribution in [0.3, 0.4) is 0 Å². The molecular formula is C16H27B. The second-order valence-corrected chi connectivity index (χ2v) is 5.10. The molecule has 0 bridgehead atoms. The third kappa shape index (κ3) is 5.95. The van der Waals surface area contributed by atoms with E-state index in [-0.39, 0.29) is 0 Å². The van der Waals surface area contributed by atoms with Crippen molar-refractivity contribution in [2.75, 3.05) is 0 Å². The van der Waals surface area contributed by atoms with Gasteiger partial charge in [0.2, 0.25) is 0 Å². The van der Waals surface area contributed by atoms with Crippen molar-refractivity contribution in [2.24, 2.45) is 0 Å². The molecule has 1 rings (SSSR count). The van der Waals surface area contributed by atoms with Crippen LogP contribution in [0.15, 0.2) is 30.3 Å². The quantitative estimate of drug-likeness (QED) is 0.423. The van der Waals surface area contributed by atoms with Gasteiger partial charge in [0, 0.05) is 0 Å². The van der Waals surface area contributed by atoms with Crippen LogP contribution in [0.5, 0.6) is 0 Å². The fourth-order valence-corrected chi connectivity index (χ4v) is 2.48. The van der Waals surface area contributed by atoms with Crippen molar-refractivity contribution in [1.29, 1.82) is 0 Å². The lowest BCUT2D eigenvalue weighted by Gasteiger charge is -2.13. The molecule has 1 aromatic rings. The highest BCUT2D eigenvalue weighted by Crippen LogP contribution is 2.12. The van der Waals surface area contributed by atoms with Crippen LogP contribution in [0, 0.1) is 0 Å². The van der Waals surface area contributed by atoms with Gasteiger partial charge in [0.1, 0.15) is 0 Å². The lowest BCUT2D eigenvalue weighted by molar-refractivity contribution is 0.748. The Labute approximate surface area is 108 Å². The fraction of sp³-hybridized carbons (Fsp3) is 0.625. The maximum Gasteiger partial charge on any atom is 0.175 e. The molecule has 0 radical (unpaired) electrons. The molecule has 0 aliphatic carbocycles. The molecule has 0 heterocycles. The van der Waals surface area contributed by atoms with Crippen LogP contribution in [0.1, 0.15) is 52.4 Å². The molecule has 0 amide bonds. The molecule has 1 aromatic carbocycles. The molecule has 0 unspecified atom stereocenters. The molecule has 0 nitrogen and oxygen atoms in total. The molecule has 0 spiro atoms. The van der Waals surface area contributed by atoms with Crippen LogP contribution in [0.25, 0.3) is 0 Å². The maximum atomic E-state index is 2.31. The predicted octanol–water partition coefficient (Wildman–Crippen LogP) is 4.77. The Morgan fingerprint density at radius 2 is 1.29 bits per heavy atom. The zero-order valence-electron chi connectivity index (χ0n) is 11.6. The van der Waals surface area contributed by atoms with E-state index >= 15 is 0 Å². The van der Waals surface area contributed by atoms with Crippen molar-refractivity contribution >= 4 is 12.2 Å². The van der Waals surface area contributed by atoms with Crippen LogP contribution in [0.4, 0.5) is 0 Å². The molecule has 0 N–H and O–H groups in total. The summed E-state index contributed by atoms with van der Waals surface area (Å²) in [7, 11) is 0. The summed E-state index contributed by atoms with van der Waals surface area (Å²) < 4.78 is 0. The zero-order valence-corrected chi connectivity index (χ0v) is 11.6. The second kappa shape index (κ2) is 9.33. The van der Waals surface area contributed by atoms with Gasteiger partial charge < -0.3 is 0 Å². The van der Waals surface area contributed by atoms with Crippen LogP contribution in [-0.4, -0.2) is 6.71 Å². The summed E-state index contributed by atoms with van der Waals surface area (Å²) in [5.41, 5.74) is 1.56. The van der Waals surface area contributed by atoms with Gasteiger partial charge in [-0.3, -0.25) is 0 Å². The Morgan fingerprint density at radius 3 is 1.76 bits per heavy atom. The average molecular weight is 230 g/mol. The highest BCUT2D eigenvalue weighted by molar-refractivity contribution is 6.73. The van der Waals surface area contributed by atoms with E-state index in [0.29, 0.717) is 0 Å². The summed E-state index contributed by atoms with van der Waals surface area (Å²) >= 11 is 0. The van der Waals surface area contributed by atoms with Gasteiger partial charge >= 0.3 is 0 Å². The van der Waals surface area contributed by atoms with Crippen molar-refractivity contribution in [2.45, 2.75) is 65.0 Å². The number of hydrogen-bond donors (Lipinski definition) is 0. The van der Waals surface area contributed by atoms with Crippen LogP contribution in [0.2, 0.25) is 12.6 Å². The van der Waals surface area contributed by atoms with Gasteiger partial charge in [0.15, 0.2) is 6.71 Å². The summed E-state index contributed by atoms with van der Waals surface area (Å²) in [5, 5.41) is 0. The third-order valence-electron chi connectivity index (χ3n) is 3.58. The summed E-state index contributed by atoms with van der Waals surface area (Å²) in [4.78, 5) is 0. The van der Waals surface area contributed by atoms with E-state index in [0.717, 1.165) is 6.71 Å². The topological polar surface area (TPSA) is 0 Å². The van der Waals surface area contributed by atoms with Crippen molar-refractivity contribution < 1.29 is 0 Å². The first-order valence-electron chi connectivity index (χ1n) is 7.43. The van der Waals surface area contributed by atoms with E-state index in [1.165, 1.54) is 51.2 Å². The zero-order chi connectivity index (χ0) is 12.3. The normalized spacial score (nSPS) is 10.5. The molecule has 94 valence electrons. The molecule has 0 fully saturated rings. The molecular weight excluding hydrogens is 203 g/mol. The molecule has 0 aliphatic heterocycles. The minimum atomic E-state index is 0.800. The Hall–Kier alpha value is -0.715. The standard InChI is InChI=1S/C16H27B/c1-3-5-10-14-17(15-11-6-4-2)16-12-8-7-9-13-16/h7-9,12-13H,3-6,10-11,14-15H2,1-2H3. The first-order chi connectivity index (χ1) is 8.38. The van der Waals surface area contributed by atoms with Crippen molar-refractivity contribution in [3.63, 3.8) is 0 Å². The Kier molecular flexibility index (Phi) is 7.87. The lowest BCUT2D eigenvalue weighted by Crippen LogP contribution is -2.29. The minimum Gasteiger partial charge on any atom is -0.0801 e. The second-order valence-electron chi connectivity index (χ2n) is 5.10. The van der Waals surface area contributed by atoms with E-state index in [1.54, 1.807) is 5.46 Å². The number of hydrogen-bond acceptors (Lipinski definition) is 0. The molecule has 1 heteroatoms. The van der Waals surface area contributed by atoms with Gasteiger partial charge in [-0.05, 0) is 0 Å². The summed E-state index contributed by atoms with van der Waals surface area (Å²) in [5.74, 6) is 0. The van der Waals surface area contributed by atoms with Gasteiger partial charge in [-0.25, -0.2) is 0 Å². The Bertz CT molecular complexity index is 258. The molecule has 0 aliphatic rings. The monoisotopic (exact) mass is 230 g/mol. The van der Waals surface area contributed by atoms with Crippen molar-refractivity contribution in [3.8, 4) is 0 Å². The SMILES string of the molecule is CCCCCB(CCCCC)c1ccccc1. The first kappa shape index (κ1) is 14.3. The van der Waals surface area contributed by atoms with E-state index in [1.807, 2.05) is 0 Å². The Balaban J connectivity index is 2.46. The van der Waals surface area contributed by atoms with E-state index in [2.05, 4.69) is 44.2 Å². The van der Waals surface area contributed by atoms with Gasteiger partial charge in [-0.1, -0.05) is 101 Å². The lowest BCUT2D eigenvalue weighted by atomic mass is 9.39. The van der Waals surface area contributed by atoms with Crippen LogP contribution in [-0.2, 0) is 0 Å². The average Bonchev–Trinajstić information content (AvgIpc) is 2.38. The minimum absolute atomic E-state index is 0.800. The van der Waals surface area contributed by atoms with Gasteiger partial charge in [-0.2, -0.15) is 0 Å². The van der Waals surface area contributed by atoms with E-state index < -0.39 is 0 Å². The van der Waals surface area contributed by atoms with Crippen molar-refractivity contribution in [3.05, 3.63) is 30.3 Å². The van der Waals surface area contributed by atoms with Gasteiger partial charge in [0.25, 0.3) is 0 Å². The summed E-state index contributed by atoms with van der Waals surface area (Å²) in [6.07, 6.45) is 11.0. The molecule has 0 saturated carbocycles. The molecule has 0 saturated heterocycles. The Morgan fingerprint density at radius 1 is 0.765 bits per heavy atom.